The fourth-order valence-electron chi connectivity index (χ4n) is 3.94. The number of urea groups is 1. The number of amides is 3. The van der Waals surface area contributed by atoms with E-state index < -0.39 is 0 Å². The van der Waals surface area contributed by atoms with Gasteiger partial charge in [0, 0.05) is 38.5 Å². The molecule has 1 N–H and O–H groups in total. The average Bonchev–Trinajstić information content (AvgIpc) is 3.37. The molecule has 2 fully saturated rings. The van der Waals surface area contributed by atoms with Gasteiger partial charge in [-0.05, 0) is 44.9 Å². The van der Waals surface area contributed by atoms with Gasteiger partial charge in [0.05, 0.1) is 17.1 Å². The molecular formula is C21H27N5O3. The molecule has 0 aliphatic carbocycles. The molecule has 0 bridgehead atoms. The number of nitrogens with one attached hydrogen (secondary N) is 1. The highest BCUT2D eigenvalue weighted by molar-refractivity contribution is 5.92. The van der Waals surface area contributed by atoms with E-state index >= 15 is 0 Å². The molecule has 8 heteroatoms. The first kappa shape index (κ1) is 19.4. The molecule has 2 aromatic rings. The van der Waals surface area contributed by atoms with Crippen molar-refractivity contribution in [3.8, 4) is 5.69 Å². The molecule has 29 heavy (non-hydrogen) atoms. The first-order valence-electron chi connectivity index (χ1n) is 10.1. The zero-order chi connectivity index (χ0) is 20.4. The number of rotatable bonds is 3. The van der Waals surface area contributed by atoms with E-state index in [4.69, 9.17) is 4.74 Å². The minimum atomic E-state index is -0.303. The Kier molecular flexibility index (Phi) is 5.53. The van der Waals surface area contributed by atoms with Crippen molar-refractivity contribution in [1.82, 2.24) is 19.6 Å². The van der Waals surface area contributed by atoms with E-state index in [9.17, 15) is 9.59 Å². The molecule has 2 saturated heterocycles. The van der Waals surface area contributed by atoms with Crippen LogP contribution in [0.2, 0.25) is 0 Å². The second-order valence-corrected chi connectivity index (χ2v) is 7.60. The van der Waals surface area contributed by atoms with Crippen LogP contribution in [0, 0.1) is 13.8 Å². The second kappa shape index (κ2) is 8.24. The standard InChI is InChI=1S/C21H27N5O3/c1-15-14-16(2)26(23-15)18-7-4-3-6-17(18)22-21(28)25-11-9-24(10-12-25)20(27)19-8-5-13-29-19/h3-4,6-7,14,19H,5,8-13H2,1-2H3,(H,22,28). The molecule has 0 spiro atoms. The maximum atomic E-state index is 12.8. The topological polar surface area (TPSA) is 79.7 Å². The van der Waals surface area contributed by atoms with Crippen LogP contribution >= 0.6 is 0 Å². The largest absolute Gasteiger partial charge is 0.368 e. The summed E-state index contributed by atoms with van der Waals surface area (Å²) in [6.45, 7) is 6.67. The number of nitrogens with zero attached hydrogens (tertiary/aromatic N) is 4. The number of piperazine rings is 1. The van der Waals surface area contributed by atoms with Gasteiger partial charge in [-0.3, -0.25) is 4.79 Å². The zero-order valence-corrected chi connectivity index (χ0v) is 16.9. The molecule has 1 atom stereocenters. The minimum Gasteiger partial charge on any atom is -0.368 e. The first-order chi connectivity index (χ1) is 14.0. The molecular weight excluding hydrogens is 370 g/mol. The Bertz CT molecular complexity index is 895. The van der Waals surface area contributed by atoms with E-state index in [2.05, 4.69) is 10.4 Å². The summed E-state index contributed by atoms with van der Waals surface area (Å²) in [6, 6.07) is 9.47. The summed E-state index contributed by atoms with van der Waals surface area (Å²) >= 11 is 0. The lowest BCUT2D eigenvalue weighted by molar-refractivity contribution is -0.142. The van der Waals surface area contributed by atoms with Gasteiger partial charge in [0.2, 0.25) is 0 Å². The van der Waals surface area contributed by atoms with Crippen molar-refractivity contribution in [2.24, 2.45) is 0 Å². The zero-order valence-electron chi connectivity index (χ0n) is 16.9. The van der Waals surface area contributed by atoms with Crippen LogP contribution in [-0.2, 0) is 9.53 Å². The van der Waals surface area contributed by atoms with E-state index in [1.165, 1.54) is 0 Å². The van der Waals surface area contributed by atoms with Gasteiger partial charge in [0.25, 0.3) is 5.91 Å². The number of para-hydroxylation sites is 2. The van der Waals surface area contributed by atoms with Crippen LogP contribution in [0.4, 0.5) is 10.5 Å². The molecule has 8 nitrogen and oxygen atoms in total. The summed E-state index contributed by atoms with van der Waals surface area (Å²) in [5.74, 6) is 0.0532. The molecule has 4 rings (SSSR count). The van der Waals surface area contributed by atoms with Crippen molar-refractivity contribution in [1.29, 1.82) is 0 Å². The summed E-state index contributed by atoms with van der Waals surface area (Å²) in [5, 5.41) is 7.54. The molecule has 3 amide bonds. The molecule has 3 heterocycles. The summed E-state index contributed by atoms with van der Waals surface area (Å²) in [4.78, 5) is 28.9. The van der Waals surface area contributed by atoms with Crippen molar-refractivity contribution in [2.45, 2.75) is 32.8 Å². The third-order valence-corrected chi connectivity index (χ3v) is 5.47. The molecule has 1 aromatic heterocycles. The number of anilines is 1. The van der Waals surface area contributed by atoms with Gasteiger partial charge < -0.3 is 19.9 Å². The lowest BCUT2D eigenvalue weighted by Gasteiger charge is -2.35. The number of hydrogen-bond donors (Lipinski definition) is 1. The number of carbonyl (C=O) groups excluding carboxylic acids is 2. The van der Waals surface area contributed by atoms with E-state index in [1.807, 2.05) is 53.8 Å². The number of benzene rings is 1. The Morgan fingerprint density at radius 2 is 1.83 bits per heavy atom. The number of hydrogen-bond acceptors (Lipinski definition) is 4. The van der Waals surface area contributed by atoms with Crippen LogP contribution in [0.25, 0.3) is 5.69 Å². The van der Waals surface area contributed by atoms with Crippen molar-refractivity contribution in [3.63, 3.8) is 0 Å². The number of carbonyl (C=O) groups is 2. The molecule has 2 aliphatic rings. The third kappa shape index (κ3) is 4.12. The molecule has 0 radical (unpaired) electrons. The van der Waals surface area contributed by atoms with Gasteiger partial charge in [-0.2, -0.15) is 5.10 Å². The van der Waals surface area contributed by atoms with Crippen LogP contribution in [0.3, 0.4) is 0 Å². The highest BCUT2D eigenvalue weighted by Crippen LogP contribution is 2.22. The Morgan fingerprint density at radius 1 is 1.10 bits per heavy atom. The molecule has 154 valence electrons. The van der Waals surface area contributed by atoms with Crippen molar-refractivity contribution < 1.29 is 14.3 Å². The minimum absolute atomic E-state index is 0.0532. The number of aromatic nitrogens is 2. The predicted molar refractivity (Wildman–Crippen MR) is 109 cm³/mol. The molecule has 1 unspecified atom stereocenters. The van der Waals surface area contributed by atoms with E-state index in [-0.39, 0.29) is 18.0 Å². The second-order valence-electron chi connectivity index (χ2n) is 7.60. The van der Waals surface area contributed by atoms with Crippen molar-refractivity contribution in [2.75, 3.05) is 38.1 Å². The summed E-state index contributed by atoms with van der Waals surface area (Å²) < 4.78 is 7.33. The van der Waals surface area contributed by atoms with E-state index in [1.54, 1.807) is 4.90 Å². The van der Waals surface area contributed by atoms with Gasteiger partial charge >= 0.3 is 6.03 Å². The fraction of sp³-hybridized carbons (Fsp3) is 0.476. The molecule has 0 saturated carbocycles. The highest BCUT2D eigenvalue weighted by Gasteiger charge is 2.31. The normalized spacial score (nSPS) is 19.4. The van der Waals surface area contributed by atoms with E-state index in [0.29, 0.717) is 38.5 Å². The van der Waals surface area contributed by atoms with Crippen LogP contribution in [0.5, 0.6) is 0 Å². The molecule has 1 aromatic carbocycles. The lowest BCUT2D eigenvalue weighted by Crippen LogP contribution is -2.53. The summed E-state index contributed by atoms with van der Waals surface area (Å²) in [5.41, 5.74) is 3.47. The molecule has 2 aliphatic heterocycles. The first-order valence-corrected chi connectivity index (χ1v) is 10.1. The van der Waals surface area contributed by atoms with Crippen molar-refractivity contribution in [3.05, 3.63) is 41.7 Å². The third-order valence-electron chi connectivity index (χ3n) is 5.47. The van der Waals surface area contributed by atoms with Gasteiger partial charge in [-0.15, -0.1) is 0 Å². The maximum absolute atomic E-state index is 12.8. The van der Waals surface area contributed by atoms with Gasteiger partial charge in [-0.25, -0.2) is 9.48 Å². The Labute approximate surface area is 170 Å². The van der Waals surface area contributed by atoms with Gasteiger partial charge in [0.1, 0.15) is 6.10 Å². The maximum Gasteiger partial charge on any atom is 0.322 e. The van der Waals surface area contributed by atoms with Crippen LogP contribution in [0.1, 0.15) is 24.2 Å². The van der Waals surface area contributed by atoms with Crippen molar-refractivity contribution >= 4 is 17.6 Å². The quantitative estimate of drug-likeness (QED) is 0.862. The smallest absolute Gasteiger partial charge is 0.322 e. The van der Waals surface area contributed by atoms with Gasteiger partial charge in [-0.1, -0.05) is 12.1 Å². The number of aryl methyl sites for hydroxylation is 2. The Hall–Kier alpha value is -2.87. The fourth-order valence-corrected chi connectivity index (χ4v) is 3.94. The van der Waals surface area contributed by atoms with E-state index in [0.717, 1.165) is 29.9 Å². The SMILES string of the molecule is Cc1cc(C)n(-c2ccccc2NC(=O)N2CCN(C(=O)C3CCCO3)CC2)n1. The number of ether oxygens (including phenoxy) is 1. The summed E-state index contributed by atoms with van der Waals surface area (Å²) in [6.07, 6.45) is 1.43. The lowest BCUT2D eigenvalue weighted by atomic mass is 10.2. The Morgan fingerprint density at radius 3 is 2.48 bits per heavy atom. The van der Waals surface area contributed by atoms with Gasteiger partial charge in [0.15, 0.2) is 0 Å². The average molecular weight is 397 g/mol. The van der Waals surface area contributed by atoms with Crippen LogP contribution in [-0.4, -0.2) is 70.4 Å². The summed E-state index contributed by atoms with van der Waals surface area (Å²) in [7, 11) is 0. The van der Waals surface area contributed by atoms with Crippen LogP contribution < -0.4 is 5.32 Å². The highest BCUT2D eigenvalue weighted by atomic mass is 16.5. The Balaban J connectivity index is 1.40. The van der Waals surface area contributed by atoms with Crippen LogP contribution in [0.15, 0.2) is 30.3 Å². The monoisotopic (exact) mass is 397 g/mol. The predicted octanol–water partition coefficient (Wildman–Crippen LogP) is 2.34.